The third kappa shape index (κ3) is 4.22. The van der Waals surface area contributed by atoms with Gasteiger partial charge in [0.25, 0.3) is 0 Å². The predicted octanol–water partition coefficient (Wildman–Crippen LogP) is 2.27. The Morgan fingerprint density at radius 1 is 1.43 bits per heavy atom. The van der Waals surface area contributed by atoms with E-state index in [1.165, 1.54) is 11.1 Å². The fraction of sp³-hybridized carbons (Fsp3) is 0.636. The van der Waals surface area contributed by atoms with Crippen LogP contribution in [-0.4, -0.2) is 12.1 Å². The van der Waals surface area contributed by atoms with Crippen LogP contribution in [-0.2, 0) is 6.54 Å². The van der Waals surface area contributed by atoms with Crippen molar-refractivity contribution in [1.29, 1.82) is 0 Å². The van der Waals surface area contributed by atoms with Gasteiger partial charge in [-0.2, -0.15) is 11.3 Å². The van der Waals surface area contributed by atoms with Gasteiger partial charge >= 0.3 is 0 Å². The second-order valence-corrected chi connectivity index (χ2v) is 5.24. The molecule has 0 aliphatic rings. The molecule has 0 radical (unpaired) electrons. The van der Waals surface area contributed by atoms with Crippen LogP contribution in [0.15, 0.2) is 10.8 Å². The van der Waals surface area contributed by atoms with Crippen molar-refractivity contribution in [2.75, 3.05) is 6.54 Å². The zero-order chi connectivity index (χ0) is 10.6. The van der Waals surface area contributed by atoms with Crippen molar-refractivity contribution in [3.8, 4) is 0 Å². The Kier molecular flexibility index (Phi) is 4.11. The molecule has 0 saturated carbocycles. The average molecular weight is 212 g/mol. The first kappa shape index (κ1) is 11.7. The van der Waals surface area contributed by atoms with E-state index in [9.17, 15) is 0 Å². The Labute approximate surface area is 90.5 Å². The Hall–Kier alpha value is -0.380. The molecule has 80 valence electrons. The molecule has 14 heavy (non-hydrogen) atoms. The van der Waals surface area contributed by atoms with Crippen LogP contribution in [0.5, 0.6) is 0 Å². The smallest absolute Gasteiger partial charge is 0.0216 e. The van der Waals surface area contributed by atoms with Crippen molar-refractivity contribution in [3.05, 3.63) is 21.9 Å². The molecule has 0 bridgehead atoms. The molecule has 0 aliphatic heterocycles. The largest absolute Gasteiger partial charge is 0.326 e. The lowest BCUT2D eigenvalue weighted by Crippen LogP contribution is -2.35. The molecule has 0 amide bonds. The van der Waals surface area contributed by atoms with Crippen molar-refractivity contribution in [1.82, 2.24) is 5.32 Å². The van der Waals surface area contributed by atoms with E-state index in [2.05, 4.69) is 36.8 Å². The van der Waals surface area contributed by atoms with E-state index >= 15 is 0 Å². The molecule has 0 spiro atoms. The van der Waals surface area contributed by atoms with Gasteiger partial charge in [-0.15, -0.1) is 0 Å². The molecule has 0 atom stereocenters. The molecule has 1 aromatic heterocycles. The molecule has 0 fully saturated rings. The standard InChI is InChI=1S/C11H20N2S/c1-9-7-14-8-10(9)6-13-5-4-11(2,3)12/h7-8,13H,4-6,12H2,1-3H3. The van der Waals surface area contributed by atoms with Gasteiger partial charge in [0, 0.05) is 12.1 Å². The van der Waals surface area contributed by atoms with Crippen LogP contribution in [0.2, 0.25) is 0 Å². The van der Waals surface area contributed by atoms with Crippen LogP contribution in [0.4, 0.5) is 0 Å². The van der Waals surface area contributed by atoms with Crippen molar-refractivity contribution in [3.63, 3.8) is 0 Å². The van der Waals surface area contributed by atoms with E-state index in [4.69, 9.17) is 5.73 Å². The number of hydrogen-bond donors (Lipinski definition) is 2. The third-order valence-electron chi connectivity index (χ3n) is 2.22. The van der Waals surface area contributed by atoms with Gasteiger partial charge in [-0.3, -0.25) is 0 Å². The van der Waals surface area contributed by atoms with Gasteiger partial charge in [0.15, 0.2) is 0 Å². The second-order valence-electron chi connectivity index (χ2n) is 4.50. The summed E-state index contributed by atoms with van der Waals surface area (Å²) in [6, 6.07) is 0. The monoisotopic (exact) mass is 212 g/mol. The second kappa shape index (κ2) is 4.91. The molecule has 1 aromatic rings. The molecule has 0 aliphatic carbocycles. The Bertz CT molecular complexity index is 273. The van der Waals surface area contributed by atoms with Crippen molar-refractivity contribution < 1.29 is 0 Å². The minimum Gasteiger partial charge on any atom is -0.326 e. The minimum absolute atomic E-state index is 0.0588. The highest BCUT2D eigenvalue weighted by atomic mass is 32.1. The normalized spacial score (nSPS) is 12.0. The number of hydrogen-bond acceptors (Lipinski definition) is 3. The maximum absolute atomic E-state index is 5.89. The first-order valence-electron chi connectivity index (χ1n) is 5.00. The first-order valence-corrected chi connectivity index (χ1v) is 5.94. The molecule has 1 rings (SSSR count). The highest BCUT2D eigenvalue weighted by Gasteiger charge is 2.09. The summed E-state index contributed by atoms with van der Waals surface area (Å²) in [7, 11) is 0. The van der Waals surface area contributed by atoms with E-state index in [0.29, 0.717) is 0 Å². The molecule has 3 N–H and O–H groups in total. The van der Waals surface area contributed by atoms with Crippen molar-refractivity contribution >= 4 is 11.3 Å². The molecule has 2 nitrogen and oxygen atoms in total. The molecular weight excluding hydrogens is 192 g/mol. The Morgan fingerprint density at radius 2 is 2.14 bits per heavy atom. The van der Waals surface area contributed by atoms with Gasteiger partial charge < -0.3 is 11.1 Å². The highest BCUT2D eigenvalue weighted by Crippen LogP contribution is 2.13. The first-order chi connectivity index (χ1) is 6.49. The van der Waals surface area contributed by atoms with Crippen LogP contribution < -0.4 is 11.1 Å². The molecule has 0 aromatic carbocycles. The molecule has 1 heterocycles. The van der Waals surface area contributed by atoms with E-state index in [1.54, 1.807) is 11.3 Å². The lowest BCUT2D eigenvalue weighted by Gasteiger charge is -2.18. The number of nitrogens with one attached hydrogen (secondary N) is 1. The summed E-state index contributed by atoms with van der Waals surface area (Å²) < 4.78 is 0. The topological polar surface area (TPSA) is 38.0 Å². The fourth-order valence-corrected chi connectivity index (χ4v) is 2.06. The van der Waals surface area contributed by atoms with Gasteiger partial charge in [0.2, 0.25) is 0 Å². The number of rotatable bonds is 5. The van der Waals surface area contributed by atoms with Crippen molar-refractivity contribution in [2.24, 2.45) is 5.73 Å². The number of aryl methyl sites for hydroxylation is 1. The van der Waals surface area contributed by atoms with Crippen molar-refractivity contribution in [2.45, 2.75) is 39.3 Å². The Morgan fingerprint density at radius 3 is 2.64 bits per heavy atom. The van der Waals surface area contributed by atoms with Crippen LogP contribution in [0.3, 0.4) is 0 Å². The molecule has 0 unspecified atom stereocenters. The summed E-state index contributed by atoms with van der Waals surface area (Å²) in [4.78, 5) is 0. The molecule has 0 saturated heterocycles. The van der Waals surface area contributed by atoms with Gasteiger partial charge in [0.1, 0.15) is 0 Å². The third-order valence-corrected chi connectivity index (χ3v) is 3.13. The number of nitrogens with two attached hydrogens (primary N) is 1. The maximum Gasteiger partial charge on any atom is 0.0216 e. The van der Waals surface area contributed by atoms with E-state index < -0.39 is 0 Å². The average Bonchev–Trinajstić information content (AvgIpc) is 2.44. The summed E-state index contributed by atoms with van der Waals surface area (Å²) in [6.45, 7) is 8.22. The minimum atomic E-state index is -0.0588. The highest BCUT2D eigenvalue weighted by molar-refractivity contribution is 7.08. The van der Waals surface area contributed by atoms with E-state index in [1.807, 2.05) is 0 Å². The van der Waals surface area contributed by atoms with Crippen LogP contribution in [0.25, 0.3) is 0 Å². The van der Waals surface area contributed by atoms with Crippen LogP contribution in [0, 0.1) is 6.92 Å². The summed E-state index contributed by atoms with van der Waals surface area (Å²) in [5, 5.41) is 7.80. The van der Waals surface area contributed by atoms with Gasteiger partial charge in [0.05, 0.1) is 0 Å². The summed E-state index contributed by atoms with van der Waals surface area (Å²) in [6.07, 6.45) is 1.01. The fourth-order valence-electron chi connectivity index (χ4n) is 1.20. The lowest BCUT2D eigenvalue weighted by atomic mass is 10.0. The predicted molar refractivity (Wildman–Crippen MR) is 63.6 cm³/mol. The quantitative estimate of drug-likeness (QED) is 0.735. The Balaban J connectivity index is 2.20. The summed E-state index contributed by atoms with van der Waals surface area (Å²) in [5.41, 5.74) is 8.62. The van der Waals surface area contributed by atoms with Crippen LogP contribution in [0.1, 0.15) is 31.4 Å². The lowest BCUT2D eigenvalue weighted by molar-refractivity contribution is 0.455. The number of thiophene rings is 1. The zero-order valence-corrected chi connectivity index (χ0v) is 10.1. The summed E-state index contributed by atoms with van der Waals surface area (Å²) in [5.74, 6) is 0. The zero-order valence-electron chi connectivity index (χ0n) is 9.26. The maximum atomic E-state index is 5.89. The van der Waals surface area contributed by atoms with Gasteiger partial charge in [-0.1, -0.05) is 0 Å². The summed E-state index contributed by atoms with van der Waals surface area (Å²) >= 11 is 1.77. The van der Waals surface area contributed by atoms with Gasteiger partial charge in [-0.25, -0.2) is 0 Å². The van der Waals surface area contributed by atoms with Gasteiger partial charge in [-0.05, 0) is 55.6 Å². The van der Waals surface area contributed by atoms with E-state index in [0.717, 1.165) is 19.5 Å². The molecule has 3 heteroatoms. The van der Waals surface area contributed by atoms with Crippen LogP contribution >= 0.6 is 11.3 Å². The molecular formula is C11H20N2S. The SMILES string of the molecule is Cc1cscc1CNCCC(C)(C)N. The van der Waals surface area contributed by atoms with E-state index in [-0.39, 0.29) is 5.54 Å².